The van der Waals surface area contributed by atoms with E-state index in [-0.39, 0.29) is 5.54 Å². The first-order valence-electron chi connectivity index (χ1n) is 7.04. The highest BCUT2D eigenvalue weighted by atomic mass is 16.5. The molecule has 0 amide bonds. The van der Waals surface area contributed by atoms with Crippen molar-refractivity contribution >= 4 is 0 Å². The third-order valence-electron chi connectivity index (χ3n) is 4.17. The first-order chi connectivity index (χ1) is 8.57. The summed E-state index contributed by atoms with van der Waals surface area (Å²) in [5.41, 5.74) is 8.93. The molecule has 1 aromatic rings. The zero-order valence-corrected chi connectivity index (χ0v) is 11.8. The van der Waals surface area contributed by atoms with Crippen molar-refractivity contribution in [1.29, 1.82) is 0 Å². The van der Waals surface area contributed by atoms with Crippen molar-refractivity contribution in [3.05, 3.63) is 29.3 Å². The number of rotatable bonds is 3. The quantitative estimate of drug-likeness (QED) is 0.878. The molecule has 0 saturated heterocycles. The molecule has 0 bridgehead atoms. The molecule has 1 aromatic carbocycles. The van der Waals surface area contributed by atoms with Gasteiger partial charge in [-0.15, -0.1) is 0 Å². The van der Waals surface area contributed by atoms with E-state index in [1.807, 2.05) is 0 Å². The molecular weight excluding hydrogens is 222 g/mol. The SMILES string of the molecule is COc1cc(C(C)C)ccc1C1(N)CCCCC1. The number of methoxy groups -OCH3 is 1. The summed E-state index contributed by atoms with van der Waals surface area (Å²) in [6, 6.07) is 6.54. The van der Waals surface area contributed by atoms with E-state index in [9.17, 15) is 0 Å². The van der Waals surface area contributed by atoms with Crippen LogP contribution in [0.1, 0.15) is 63.0 Å². The van der Waals surface area contributed by atoms with Crippen LogP contribution in [0, 0.1) is 0 Å². The van der Waals surface area contributed by atoms with E-state index in [1.165, 1.54) is 30.4 Å². The van der Waals surface area contributed by atoms with E-state index < -0.39 is 0 Å². The van der Waals surface area contributed by atoms with Crippen LogP contribution in [0.5, 0.6) is 5.75 Å². The predicted molar refractivity (Wildman–Crippen MR) is 76.0 cm³/mol. The predicted octanol–water partition coefficient (Wildman–Crippen LogP) is 3.94. The molecule has 0 atom stereocenters. The normalized spacial score (nSPS) is 18.9. The lowest BCUT2D eigenvalue weighted by Crippen LogP contribution is -2.38. The lowest BCUT2D eigenvalue weighted by atomic mass is 9.76. The van der Waals surface area contributed by atoms with E-state index >= 15 is 0 Å². The van der Waals surface area contributed by atoms with E-state index in [1.54, 1.807) is 7.11 Å². The Hall–Kier alpha value is -1.02. The van der Waals surface area contributed by atoms with Crippen LogP contribution >= 0.6 is 0 Å². The average Bonchev–Trinajstić information content (AvgIpc) is 2.38. The molecule has 2 heteroatoms. The van der Waals surface area contributed by atoms with Crippen LogP contribution in [0.2, 0.25) is 0 Å². The van der Waals surface area contributed by atoms with Crippen LogP contribution < -0.4 is 10.5 Å². The summed E-state index contributed by atoms with van der Waals surface area (Å²) in [7, 11) is 1.75. The van der Waals surface area contributed by atoms with Crippen molar-refractivity contribution in [2.24, 2.45) is 5.73 Å². The zero-order valence-electron chi connectivity index (χ0n) is 11.8. The second-order valence-electron chi connectivity index (χ2n) is 5.83. The van der Waals surface area contributed by atoms with Gasteiger partial charge in [0, 0.05) is 11.1 Å². The zero-order chi connectivity index (χ0) is 13.2. The minimum Gasteiger partial charge on any atom is -0.496 e. The van der Waals surface area contributed by atoms with E-state index in [4.69, 9.17) is 10.5 Å². The van der Waals surface area contributed by atoms with Crippen LogP contribution in [0.4, 0.5) is 0 Å². The summed E-state index contributed by atoms with van der Waals surface area (Å²) in [5, 5.41) is 0. The molecule has 1 aliphatic carbocycles. The van der Waals surface area contributed by atoms with Gasteiger partial charge in [-0.25, -0.2) is 0 Å². The van der Waals surface area contributed by atoms with Gasteiger partial charge >= 0.3 is 0 Å². The molecule has 100 valence electrons. The van der Waals surface area contributed by atoms with Crippen LogP contribution in [-0.4, -0.2) is 7.11 Å². The Bertz CT molecular complexity index is 406. The van der Waals surface area contributed by atoms with E-state index in [0.29, 0.717) is 5.92 Å². The molecule has 0 aliphatic heterocycles. The van der Waals surface area contributed by atoms with Crippen LogP contribution in [0.25, 0.3) is 0 Å². The molecule has 2 rings (SSSR count). The van der Waals surface area contributed by atoms with Crippen LogP contribution in [0.3, 0.4) is 0 Å². The van der Waals surface area contributed by atoms with Gasteiger partial charge in [-0.05, 0) is 30.4 Å². The molecule has 18 heavy (non-hydrogen) atoms. The topological polar surface area (TPSA) is 35.2 Å². The third kappa shape index (κ3) is 2.54. The number of ether oxygens (including phenoxy) is 1. The van der Waals surface area contributed by atoms with Crippen molar-refractivity contribution in [3.63, 3.8) is 0 Å². The Morgan fingerprint density at radius 1 is 1.17 bits per heavy atom. The van der Waals surface area contributed by atoms with Crippen molar-refractivity contribution in [1.82, 2.24) is 0 Å². The average molecular weight is 247 g/mol. The monoisotopic (exact) mass is 247 g/mol. The lowest BCUT2D eigenvalue weighted by molar-refractivity contribution is 0.289. The van der Waals surface area contributed by atoms with Crippen molar-refractivity contribution in [3.8, 4) is 5.75 Å². The van der Waals surface area contributed by atoms with Gasteiger partial charge in [-0.3, -0.25) is 0 Å². The molecule has 0 spiro atoms. The maximum Gasteiger partial charge on any atom is 0.124 e. The summed E-state index contributed by atoms with van der Waals surface area (Å²) in [6.07, 6.45) is 5.91. The summed E-state index contributed by atoms with van der Waals surface area (Å²) in [4.78, 5) is 0. The number of hydrogen-bond acceptors (Lipinski definition) is 2. The van der Waals surface area contributed by atoms with Gasteiger partial charge in [0.1, 0.15) is 5.75 Å². The van der Waals surface area contributed by atoms with Gasteiger partial charge in [0.15, 0.2) is 0 Å². The highest BCUT2D eigenvalue weighted by Gasteiger charge is 2.32. The van der Waals surface area contributed by atoms with E-state index in [2.05, 4.69) is 32.0 Å². The fraction of sp³-hybridized carbons (Fsp3) is 0.625. The molecule has 2 nitrogen and oxygen atoms in total. The van der Waals surface area contributed by atoms with Crippen LogP contribution in [0.15, 0.2) is 18.2 Å². The number of nitrogens with two attached hydrogens (primary N) is 1. The molecule has 1 fully saturated rings. The first-order valence-corrected chi connectivity index (χ1v) is 7.04. The van der Waals surface area contributed by atoms with Crippen molar-refractivity contribution in [2.45, 2.75) is 57.4 Å². The number of hydrogen-bond donors (Lipinski definition) is 1. The fourth-order valence-corrected chi connectivity index (χ4v) is 2.93. The smallest absolute Gasteiger partial charge is 0.124 e. The maximum absolute atomic E-state index is 6.60. The molecule has 1 saturated carbocycles. The highest BCUT2D eigenvalue weighted by molar-refractivity contribution is 5.43. The third-order valence-corrected chi connectivity index (χ3v) is 4.17. The lowest BCUT2D eigenvalue weighted by Gasteiger charge is -2.35. The second-order valence-corrected chi connectivity index (χ2v) is 5.83. The number of benzene rings is 1. The first kappa shape index (κ1) is 13.4. The van der Waals surface area contributed by atoms with Crippen LogP contribution in [-0.2, 0) is 5.54 Å². The summed E-state index contributed by atoms with van der Waals surface area (Å²) < 4.78 is 5.57. The van der Waals surface area contributed by atoms with Gasteiger partial charge in [-0.2, -0.15) is 0 Å². The van der Waals surface area contributed by atoms with Gasteiger partial charge in [0.25, 0.3) is 0 Å². The van der Waals surface area contributed by atoms with Gasteiger partial charge in [-0.1, -0.05) is 45.2 Å². The molecule has 0 aromatic heterocycles. The second kappa shape index (κ2) is 5.31. The Morgan fingerprint density at radius 2 is 1.83 bits per heavy atom. The molecule has 0 unspecified atom stereocenters. The summed E-state index contributed by atoms with van der Waals surface area (Å²) >= 11 is 0. The van der Waals surface area contributed by atoms with Crippen molar-refractivity contribution < 1.29 is 4.74 Å². The molecule has 2 N–H and O–H groups in total. The summed E-state index contributed by atoms with van der Waals surface area (Å²) in [6.45, 7) is 4.40. The molecule has 0 radical (unpaired) electrons. The Kier molecular flexibility index (Phi) is 3.96. The standard InChI is InChI=1S/C16H25NO/c1-12(2)13-7-8-14(15(11-13)18-3)16(17)9-5-4-6-10-16/h7-8,11-12H,4-6,9-10,17H2,1-3H3. The van der Waals surface area contributed by atoms with Gasteiger partial charge in [0.05, 0.1) is 7.11 Å². The largest absolute Gasteiger partial charge is 0.496 e. The Balaban J connectivity index is 2.37. The molecule has 0 heterocycles. The van der Waals surface area contributed by atoms with Crippen molar-refractivity contribution in [2.75, 3.05) is 7.11 Å². The maximum atomic E-state index is 6.60. The highest BCUT2D eigenvalue weighted by Crippen LogP contribution is 2.40. The summed E-state index contributed by atoms with van der Waals surface area (Å²) in [5.74, 6) is 1.48. The Labute approximate surface area is 111 Å². The minimum atomic E-state index is -0.181. The molecule has 1 aliphatic rings. The van der Waals surface area contributed by atoms with Gasteiger partial charge < -0.3 is 10.5 Å². The molecular formula is C16H25NO. The van der Waals surface area contributed by atoms with E-state index in [0.717, 1.165) is 18.6 Å². The fourth-order valence-electron chi connectivity index (χ4n) is 2.93. The Morgan fingerprint density at radius 3 is 2.39 bits per heavy atom. The minimum absolute atomic E-state index is 0.181. The van der Waals surface area contributed by atoms with Gasteiger partial charge in [0.2, 0.25) is 0 Å².